The van der Waals surface area contributed by atoms with Crippen molar-refractivity contribution in [1.82, 2.24) is 30.0 Å². The van der Waals surface area contributed by atoms with E-state index in [4.69, 9.17) is 11.3 Å². The number of fused-ring (bicyclic) bond motifs is 1. The Labute approximate surface area is 196 Å². The smallest absolute Gasteiger partial charge is 0.227 e. The van der Waals surface area contributed by atoms with E-state index in [2.05, 4.69) is 25.3 Å². The van der Waals surface area contributed by atoms with E-state index in [-0.39, 0.29) is 23.7 Å². The van der Waals surface area contributed by atoms with Gasteiger partial charge in [-0.1, -0.05) is 18.2 Å². The Bertz CT molecular complexity index is 1220. The molecule has 1 amide bonds. The summed E-state index contributed by atoms with van der Waals surface area (Å²) in [5, 5.41) is 11.1. The minimum atomic E-state index is -0.498. The molecule has 2 aliphatic rings. The van der Waals surface area contributed by atoms with Crippen molar-refractivity contribution in [2.24, 2.45) is 0 Å². The highest BCUT2D eigenvalue weighted by Gasteiger charge is 2.36. The number of carbonyl (C=O) groups excluding carboxylic acids is 1. The van der Waals surface area contributed by atoms with Gasteiger partial charge >= 0.3 is 0 Å². The second-order valence-electron chi connectivity index (χ2n) is 8.63. The van der Waals surface area contributed by atoms with Crippen molar-refractivity contribution in [3.8, 4) is 5.69 Å². The lowest BCUT2D eigenvalue weighted by molar-refractivity contribution is -0.139. The quantitative estimate of drug-likeness (QED) is 0.556. The van der Waals surface area contributed by atoms with Crippen LogP contribution in [0.25, 0.3) is 10.5 Å². The normalized spacial score (nSPS) is 20.6. The van der Waals surface area contributed by atoms with Crippen molar-refractivity contribution in [2.45, 2.75) is 25.5 Å². The number of hydrogen-bond donors (Lipinski definition) is 0. The van der Waals surface area contributed by atoms with Gasteiger partial charge in [-0.25, -0.2) is 13.9 Å². The summed E-state index contributed by atoms with van der Waals surface area (Å²) in [6, 6.07) is 10.8. The molecular weight excluding hydrogens is 437 g/mol. The largest absolute Gasteiger partial charge is 0.371 e. The van der Waals surface area contributed by atoms with Crippen molar-refractivity contribution in [1.29, 1.82) is 0 Å². The van der Waals surface area contributed by atoms with Crippen LogP contribution in [0.1, 0.15) is 22.8 Å². The minimum Gasteiger partial charge on any atom is -0.371 e. The number of aromatic nitrogens is 4. The van der Waals surface area contributed by atoms with Gasteiger partial charge in [-0.15, -0.1) is 5.10 Å². The van der Waals surface area contributed by atoms with Crippen LogP contribution in [0.2, 0.25) is 0 Å². The van der Waals surface area contributed by atoms with Gasteiger partial charge in [0.15, 0.2) is 0 Å². The lowest BCUT2D eigenvalue weighted by atomic mass is 9.98. The molecule has 5 rings (SSSR count). The third kappa shape index (κ3) is 4.27. The molecule has 1 aromatic heterocycles. The van der Waals surface area contributed by atoms with Crippen LogP contribution in [0.4, 0.5) is 10.1 Å². The highest BCUT2D eigenvalue weighted by Crippen LogP contribution is 2.34. The summed E-state index contributed by atoms with van der Waals surface area (Å²) in [4.78, 5) is 20.5. The third-order valence-corrected chi connectivity index (χ3v) is 6.64. The molecule has 34 heavy (non-hydrogen) atoms. The zero-order chi connectivity index (χ0) is 23.7. The first-order chi connectivity index (χ1) is 16.5. The Morgan fingerprint density at radius 1 is 1.21 bits per heavy atom. The molecule has 0 radical (unpaired) electrons. The number of hydrogen-bond acceptors (Lipinski definition) is 6. The van der Waals surface area contributed by atoms with Crippen molar-refractivity contribution in [2.75, 3.05) is 32.8 Å². The summed E-state index contributed by atoms with van der Waals surface area (Å²) < 4.78 is 21.6. The van der Waals surface area contributed by atoms with Gasteiger partial charge < -0.3 is 9.64 Å². The van der Waals surface area contributed by atoms with Gasteiger partial charge in [-0.2, -0.15) is 0 Å². The standard InChI is InChI=1S/C24H24FN7O2/c1-16-20(7-8-21(25)24(16)26-2)22-13-30-9-10-31(12-19(30)14-34-22)23(33)11-17-3-5-18(6-4-17)32-15-27-28-29-32/h3-8,15,19,22H,9-14H2,1H3/t19-,22+/m1/s1. The van der Waals surface area contributed by atoms with Crippen LogP contribution in [0, 0.1) is 19.3 Å². The number of nitrogens with zero attached hydrogens (tertiary/aromatic N) is 7. The van der Waals surface area contributed by atoms with E-state index in [9.17, 15) is 9.18 Å². The van der Waals surface area contributed by atoms with E-state index in [0.717, 1.165) is 23.4 Å². The first-order valence-corrected chi connectivity index (χ1v) is 11.2. The van der Waals surface area contributed by atoms with Gasteiger partial charge in [0.05, 0.1) is 37.4 Å². The number of piperazine rings is 1. The fourth-order valence-corrected chi connectivity index (χ4v) is 4.70. The Balaban J connectivity index is 1.19. The maximum absolute atomic E-state index is 13.9. The molecule has 9 nitrogen and oxygen atoms in total. The maximum atomic E-state index is 13.9. The Hall–Kier alpha value is -3.68. The molecule has 0 spiro atoms. The summed E-state index contributed by atoms with van der Waals surface area (Å²) in [5.74, 6) is -0.407. The predicted octanol–water partition coefficient (Wildman–Crippen LogP) is 2.49. The molecule has 0 N–H and O–H groups in total. The van der Waals surface area contributed by atoms with Crippen LogP contribution in [0.5, 0.6) is 0 Å². The fraction of sp³-hybridized carbons (Fsp3) is 0.375. The molecule has 2 fully saturated rings. The lowest BCUT2D eigenvalue weighted by Crippen LogP contribution is -2.59. The predicted molar refractivity (Wildman–Crippen MR) is 121 cm³/mol. The minimum absolute atomic E-state index is 0.0598. The second-order valence-corrected chi connectivity index (χ2v) is 8.63. The number of ether oxygens (including phenoxy) is 1. The zero-order valence-electron chi connectivity index (χ0n) is 18.8. The van der Waals surface area contributed by atoms with Crippen LogP contribution in [-0.4, -0.2) is 74.7 Å². The average molecular weight is 462 g/mol. The molecule has 0 saturated carbocycles. The number of halogens is 1. The number of tetrazole rings is 1. The van der Waals surface area contributed by atoms with E-state index in [1.807, 2.05) is 29.2 Å². The van der Waals surface area contributed by atoms with E-state index in [0.29, 0.717) is 38.2 Å². The number of rotatable bonds is 4. The lowest BCUT2D eigenvalue weighted by Gasteiger charge is -2.46. The van der Waals surface area contributed by atoms with Crippen LogP contribution < -0.4 is 0 Å². The maximum Gasteiger partial charge on any atom is 0.227 e. The number of carbonyl (C=O) groups is 1. The highest BCUT2D eigenvalue weighted by atomic mass is 19.1. The molecule has 3 heterocycles. The molecule has 10 heteroatoms. The highest BCUT2D eigenvalue weighted by molar-refractivity contribution is 5.79. The van der Waals surface area contributed by atoms with Crippen LogP contribution >= 0.6 is 0 Å². The van der Waals surface area contributed by atoms with Gasteiger partial charge in [0.25, 0.3) is 0 Å². The first kappa shape index (κ1) is 22.1. The van der Waals surface area contributed by atoms with E-state index in [1.54, 1.807) is 17.7 Å². The number of benzene rings is 2. The monoisotopic (exact) mass is 461 g/mol. The van der Waals surface area contributed by atoms with Crippen molar-refractivity contribution in [3.05, 3.63) is 76.7 Å². The third-order valence-electron chi connectivity index (χ3n) is 6.64. The molecule has 0 aliphatic carbocycles. The van der Waals surface area contributed by atoms with E-state index in [1.165, 1.54) is 12.4 Å². The SMILES string of the molecule is [C-]#[N+]c1c(F)ccc([C@@H]2CN3CCN(C(=O)Cc4ccc(-n5cnnn5)cc4)C[C@@H]3CO2)c1C. The van der Waals surface area contributed by atoms with Crippen LogP contribution in [-0.2, 0) is 16.0 Å². The summed E-state index contributed by atoms with van der Waals surface area (Å²) in [5.41, 5.74) is 3.33. The topological polar surface area (TPSA) is 80.7 Å². The first-order valence-electron chi connectivity index (χ1n) is 11.2. The number of morpholine rings is 1. The van der Waals surface area contributed by atoms with Crippen LogP contribution in [0.3, 0.4) is 0 Å². The van der Waals surface area contributed by atoms with Crippen molar-refractivity contribution in [3.63, 3.8) is 0 Å². The van der Waals surface area contributed by atoms with Gasteiger partial charge in [0.1, 0.15) is 12.1 Å². The van der Waals surface area contributed by atoms with E-state index >= 15 is 0 Å². The van der Waals surface area contributed by atoms with Crippen molar-refractivity contribution < 1.29 is 13.9 Å². The summed E-state index contributed by atoms with van der Waals surface area (Å²) in [6.45, 7) is 12.2. The molecule has 2 aliphatic heterocycles. The molecule has 2 atom stereocenters. The molecule has 0 bridgehead atoms. The van der Waals surface area contributed by atoms with Gasteiger partial charge in [0, 0.05) is 26.2 Å². The Kier molecular flexibility index (Phi) is 6.04. The second kappa shape index (κ2) is 9.29. The summed E-state index contributed by atoms with van der Waals surface area (Å²) in [7, 11) is 0. The zero-order valence-corrected chi connectivity index (χ0v) is 18.8. The Morgan fingerprint density at radius 2 is 2.03 bits per heavy atom. The molecule has 0 unspecified atom stereocenters. The molecule has 174 valence electrons. The van der Waals surface area contributed by atoms with Gasteiger partial charge in [-0.05, 0) is 52.2 Å². The van der Waals surface area contributed by atoms with Crippen LogP contribution in [0.15, 0.2) is 42.7 Å². The van der Waals surface area contributed by atoms with Gasteiger partial charge in [0.2, 0.25) is 11.6 Å². The number of amides is 1. The molecule has 2 saturated heterocycles. The Morgan fingerprint density at radius 3 is 2.76 bits per heavy atom. The average Bonchev–Trinajstić information content (AvgIpc) is 3.39. The van der Waals surface area contributed by atoms with Gasteiger partial charge in [-0.3, -0.25) is 9.69 Å². The summed E-state index contributed by atoms with van der Waals surface area (Å²) in [6.07, 6.45) is 1.65. The van der Waals surface area contributed by atoms with Crippen molar-refractivity contribution >= 4 is 11.6 Å². The molecule has 3 aromatic rings. The fourth-order valence-electron chi connectivity index (χ4n) is 4.70. The summed E-state index contributed by atoms with van der Waals surface area (Å²) >= 11 is 0. The molecule has 2 aromatic carbocycles. The molecular formula is C24H24FN7O2. The van der Waals surface area contributed by atoms with E-state index < -0.39 is 5.82 Å².